The molecule has 3 N–H and O–H groups in total. The van der Waals surface area contributed by atoms with Crippen LogP contribution in [-0.2, 0) is 10.0 Å². The maximum atomic E-state index is 13.7. The first-order chi connectivity index (χ1) is 8.92. The molecule has 6 heteroatoms. The van der Waals surface area contributed by atoms with E-state index in [0.29, 0.717) is 5.92 Å². The molecule has 1 fully saturated rings. The van der Waals surface area contributed by atoms with E-state index in [1.165, 1.54) is 12.1 Å². The fourth-order valence-electron chi connectivity index (χ4n) is 2.67. The lowest BCUT2D eigenvalue weighted by Crippen LogP contribution is -2.37. The van der Waals surface area contributed by atoms with Crippen LogP contribution in [0.2, 0.25) is 0 Å². The molecule has 19 heavy (non-hydrogen) atoms. The van der Waals surface area contributed by atoms with Gasteiger partial charge >= 0.3 is 0 Å². The molecule has 0 radical (unpaired) electrons. The largest absolute Gasteiger partial charge is 0.398 e. The maximum Gasteiger partial charge on any atom is 0.245 e. The molecule has 0 aromatic heterocycles. The van der Waals surface area contributed by atoms with E-state index in [-0.39, 0.29) is 11.7 Å². The zero-order chi connectivity index (χ0) is 14.0. The molecule has 1 unspecified atom stereocenters. The van der Waals surface area contributed by atoms with Gasteiger partial charge in [0.05, 0.1) is 5.69 Å². The van der Waals surface area contributed by atoms with E-state index in [9.17, 15) is 12.8 Å². The van der Waals surface area contributed by atoms with Crippen molar-refractivity contribution in [3.05, 3.63) is 24.0 Å². The number of rotatable bonds is 4. The maximum absolute atomic E-state index is 13.7. The summed E-state index contributed by atoms with van der Waals surface area (Å²) >= 11 is 0. The fourth-order valence-corrected chi connectivity index (χ4v) is 4.17. The highest BCUT2D eigenvalue weighted by atomic mass is 32.2. The number of sulfonamides is 1. The molecule has 0 saturated heterocycles. The summed E-state index contributed by atoms with van der Waals surface area (Å²) in [5.41, 5.74) is 5.51. The van der Waals surface area contributed by atoms with Crippen molar-refractivity contribution < 1.29 is 12.8 Å². The van der Waals surface area contributed by atoms with Gasteiger partial charge in [0, 0.05) is 6.04 Å². The fraction of sp³-hybridized carbons (Fsp3) is 0.538. The summed E-state index contributed by atoms with van der Waals surface area (Å²) < 4.78 is 40.6. The normalized spacial score (nSPS) is 18.6. The second-order valence-corrected chi connectivity index (χ2v) is 6.76. The number of nitrogens with two attached hydrogens (primary N) is 1. The van der Waals surface area contributed by atoms with Gasteiger partial charge in [-0.15, -0.1) is 0 Å². The van der Waals surface area contributed by atoms with Crippen LogP contribution < -0.4 is 10.5 Å². The van der Waals surface area contributed by atoms with Gasteiger partial charge in [0.1, 0.15) is 10.7 Å². The standard InChI is InChI=1S/C13H19FN2O2S/c1-9(10-5-2-3-6-10)16-19(17,18)13-11(14)7-4-8-12(13)15/h4,7-10,16H,2-3,5-6,15H2,1H3. The molecule has 4 nitrogen and oxygen atoms in total. The highest BCUT2D eigenvalue weighted by Gasteiger charge is 2.28. The number of anilines is 1. The molecule has 1 aromatic rings. The van der Waals surface area contributed by atoms with Crippen molar-refractivity contribution in [3.63, 3.8) is 0 Å². The molecule has 1 atom stereocenters. The molecule has 1 saturated carbocycles. The van der Waals surface area contributed by atoms with Gasteiger partial charge in [0.2, 0.25) is 10.0 Å². The van der Waals surface area contributed by atoms with Crippen LogP contribution in [0.1, 0.15) is 32.6 Å². The Balaban J connectivity index is 2.22. The molecule has 0 spiro atoms. The van der Waals surface area contributed by atoms with Crippen molar-refractivity contribution in [3.8, 4) is 0 Å². The third kappa shape index (κ3) is 3.06. The molecular formula is C13H19FN2O2S. The predicted octanol–water partition coefficient (Wildman–Crippen LogP) is 2.26. The van der Waals surface area contributed by atoms with Gasteiger partial charge in [0.15, 0.2) is 0 Å². The van der Waals surface area contributed by atoms with E-state index in [4.69, 9.17) is 5.73 Å². The Kier molecular flexibility index (Phi) is 4.10. The topological polar surface area (TPSA) is 72.2 Å². The number of hydrogen-bond donors (Lipinski definition) is 2. The zero-order valence-corrected chi connectivity index (χ0v) is 11.7. The average Bonchev–Trinajstić information content (AvgIpc) is 2.80. The minimum absolute atomic E-state index is 0.0638. The van der Waals surface area contributed by atoms with Crippen molar-refractivity contribution in [1.29, 1.82) is 0 Å². The van der Waals surface area contributed by atoms with E-state index in [2.05, 4.69) is 4.72 Å². The Labute approximate surface area is 113 Å². The Hall–Kier alpha value is -1.14. The Morgan fingerprint density at radius 2 is 2.00 bits per heavy atom. The number of hydrogen-bond acceptors (Lipinski definition) is 3. The summed E-state index contributed by atoms with van der Waals surface area (Å²) in [5.74, 6) is -0.492. The van der Waals surface area contributed by atoms with E-state index in [1.807, 2.05) is 6.92 Å². The van der Waals surface area contributed by atoms with Gasteiger partial charge in [-0.3, -0.25) is 0 Å². The summed E-state index contributed by atoms with van der Waals surface area (Å²) in [6.07, 6.45) is 4.27. The van der Waals surface area contributed by atoms with Crippen molar-refractivity contribution in [1.82, 2.24) is 4.72 Å². The van der Waals surface area contributed by atoms with Crippen LogP contribution in [0.4, 0.5) is 10.1 Å². The third-order valence-corrected chi connectivity index (χ3v) is 5.36. The van der Waals surface area contributed by atoms with Crippen LogP contribution in [0.5, 0.6) is 0 Å². The van der Waals surface area contributed by atoms with E-state index >= 15 is 0 Å². The average molecular weight is 286 g/mol. The summed E-state index contributed by atoms with van der Waals surface area (Å²) in [6, 6.07) is 3.68. The van der Waals surface area contributed by atoms with Crippen molar-refractivity contribution in [2.75, 3.05) is 5.73 Å². The van der Waals surface area contributed by atoms with Gasteiger partial charge in [-0.05, 0) is 37.8 Å². The van der Waals surface area contributed by atoms with Crippen molar-refractivity contribution in [2.24, 2.45) is 5.92 Å². The Morgan fingerprint density at radius 3 is 2.58 bits per heavy atom. The lowest BCUT2D eigenvalue weighted by Gasteiger charge is -2.20. The SMILES string of the molecule is CC(NS(=O)(=O)c1c(N)cccc1F)C1CCCC1. The second-order valence-electron chi connectivity index (χ2n) is 5.11. The van der Waals surface area contributed by atoms with Crippen LogP contribution in [-0.4, -0.2) is 14.5 Å². The smallest absolute Gasteiger partial charge is 0.245 e. The number of halogens is 1. The molecule has 0 amide bonds. The van der Waals surface area contributed by atoms with E-state index < -0.39 is 20.7 Å². The zero-order valence-electron chi connectivity index (χ0n) is 10.9. The Bertz CT molecular complexity index is 534. The summed E-state index contributed by atoms with van der Waals surface area (Å²) in [6.45, 7) is 1.82. The summed E-state index contributed by atoms with van der Waals surface area (Å²) in [5, 5.41) is 0. The first kappa shape index (κ1) is 14.3. The lowest BCUT2D eigenvalue weighted by molar-refractivity contribution is 0.423. The minimum Gasteiger partial charge on any atom is -0.398 e. The highest BCUT2D eigenvalue weighted by Crippen LogP contribution is 2.29. The molecule has 1 aromatic carbocycles. The monoisotopic (exact) mass is 286 g/mol. The molecule has 0 bridgehead atoms. The lowest BCUT2D eigenvalue weighted by atomic mass is 10.0. The molecule has 1 aliphatic carbocycles. The van der Waals surface area contributed by atoms with Gasteiger partial charge in [-0.1, -0.05) is 18.9 Å². The first-order valence-electron chi connectivity index (χ1n) is 6.48. The molecule has 2 rings (SSSR count). The quantitative estimate of drug-likeness (QED) is 0.834. The highest BCUT2D eigenvalue weighted by molar-refractivity contribution is 7.89. The third-order valence-electron chi connectivity index (χ3n) is 3.71. The van der Waals surface area contributed by atoms with Crippen molar-refractivity contribution in [2.45, 2.75) is 43.5 Å². The van der Waals surface area contributed by atoms with E-state index in [0.717, 1.165) is 31.7 Å². The van der Waals surface area contributed by atoms with Crippen LogP contribution >= 0.6 is 0 Å². The van der Waals surface area contributed by atoms with Crippen LogP contribution in [0.15, 0.2) is 23.1 Å². The molecule has 0 heterocycles. The second kappa shape index (κ2) is 5.46. The molecule has 106 valence electrons. The van der Waals surface area contributed by atoms with Gasteiger partial charge in [0.25, 0.3) is 0 Å². The van der Waals surface area contributed by atoms with Crippen LogP contribution in [0, 0.1) is 11.7 Å². The Morgan fingerprint density at radius 1 is 1.37 bits per heavy atom. The van der Waals surface area contributed by atoms with Gasteiger partial charge in [-0.2, -0.15) is 0 Å². The van der Waals surface area contributed by atoms with Crippen LogP contribution in [0.25, 0.3) is 0 Å². The first-order valence-corrected chi connectivity index (χ1v) is 7.96. The summed E-state index contributed by atoms with van der Waals surface area (Å²) in [4.78, 5) is -0.445. The van der Waals surface area contributed by atoms with E-state index in [1.54, 1.807) is 0 Å². The van der Waals surface area contributed by atoms with Gasteiger partial charge in [-0.25, -0.2) is 17.5 Å². The number of nitrogens with one attached hydrogen (secondary N) is 1. The molecule has 0 aliphatic heterocycles. The molecule has 1 aliphatic rings. The predicted molar refractivity (Wildman–Crippen MR) is 72.6 cm³/mol. The number of nitrogen functional groups attached to an aromatic ring is 1. The van der Waals surface area contributed by atoms with Crippen molar-refractivity contribution >= 4 is 15.7 Å². The minimum atomic E-state index is -3.91. The molecular weight excluding hydrogens is 267 g/mol. The van der Waals surface area contributed by atoms with Gasteiger partial charge < -0.3 is 5.73 Å². The number of benzene rings is 1. The summed E-state index contributed by atoms with van der Waals surface area (Å²) in [7, 11) is -3.91. The van der Waals surface area contributed by atoms with Crippen LogP contribution in [0.3, 0.4) is 0 Å².